The quantitative estimate of drug-likeness (QED) is 0.739. The third kappa shape index (κ3) is 1.54. The summed E-state index contributed by atoms with van der Waals surface area (Å²) in [5.41, 5.74) is 0.131. The molecule has 1 fully saturated rings. The highest BCUT2D eigenvalue weighted by Gasteiger charge is 2.60. The summed E-state index contributed by atoms with van der Waals surface area (Å²) in [6.45, 7) is 7.97. The van der Waals surface area contributed by atoms with Gasteiger partial charge in [0.25, 0.3) is 0 Å². The molecule has 0 aromatic heterocycles. The van der Waals surface area contributed by atoms with Gasteiger partial charge >= 0.3 is 0 Å². The van der Waals surface area contributed by atoms with Crippen LogP contribution < -0.4 is 0 Å². The van der Waals surface area contributed by atoms with E-state index < -0.39 is 17.3 Å². The topological polar surface area (TPSA) is 55.8 Å². The smallest absolute Gasteiger partial charge is 0.162 e. The molecule has 0 aromatic carbocycles. The molecule has 0 saturated carbocycles. The molecule has 4 rings (SSSR count). The van der Waals surface area contributed by atoms with Crippen LogP contribution in [0.5, 0.6) is 0 Å². The molecular weight excluding hydrogens is 244 g/mol. The Labute approximate surface area is 113 Å². The molecule has 4 nitrogen and oxygen atoms in total. The summed E-state index contributed by atoms with van der Waals surface area (Å²) in [4.78, 5) is 23.6. The highest BCUT2D eigenvalue weighted by atomic mass is 17.2. The Hall–Kier alpha value is -0.710. The van der Waals surface area contributed by atoms with Crippen molar-refractivity contribution in [1.82, 2.24) is 0 Å². The summed E-state index contributed by atoms with van der Waals surface area (Å²) in [5.74, 6) is 0.314. The standard InChI is InChI=1S/C15H22O4/c1-8(2)15-6-5-14(4,18-19-15)12-10(16)7-9(3)11(12)13(15)17/h8-9,13,17H,5-7H2,1-4H3/t9-,13+,14-,15-/m1/s1. The Kier molecular flexibility index (Phi) is 2.73. The van der Waals surface area contributed by atoms with Gasteiger partial charge in [-0.15, -0.1) is 0 Å². The summed E-state index contributed by atoms with van der Waals surface area (Å²) in [7, 11) is 0. The van der Waals surface area contributed by atoms with Crippen molar-refractivity contribution < 1.29 is 19.7 Å². The Balaban J connectivity index is 2.19. The van der Waals surface area contributed by atoms with Gasteiger partial charge in [-0.3, -0.25) is 4.79 Å². The average molecular weight is 266 g/mol. The Morgan fingerprint density at radius 2 is 2.00 bits per heavy atom. The lowest BCUT2D eigenvalue weighted by Gasteiger charge is -2.45. The molecule has 0 aromatic rings. The molecule has 2 aliphatic carbocycles. The Morgan fingerprint density at radius 3 is 2.53 bits per heavy atom. The zero-order chi connectivity index (χ0) is 14.0. The van der Waals surface area contributed by atoms with Crippen molar-refractivity contribution in [3.63, 3.8) is 0 Å². The molecule has 2 bridgehead atoms. The minimum absolute atomic E-state index is 0.0818. The van der Waals surface area contributed by atoms with Crippen molar-refractivity contribution >= 4 is 5.78 Å². The number of hydrogen-bond acceptors (Lipinski definition) is 4. The van der Waals surface area contributed by atoms with E-state index >= 15 is 0 Å². The van der Waals surface area contributed by atoms with Crippen LogP contribution in [0.3, 0.4) is 0 Å². The van der Waals surface area contributed by atoms with Crippen LogP contribution in [0.1, 0.15) is 47.0 Å². The van der Waals surface area contributed by atoms with Crippen molar-refractivity contribution in [3.8, 4) is 0 Å². The molecule has 1 N–H and O–H groups in total. The first-order valence-electron chi connectivity index (χ1n) is 7.14. The summed E-state index contributed by atoms with van der Waals surface area (Å²) < 4.78 is 0. The van der Waals surface area contributed by atoms with E-state index in [-0.39, 0.29) is 17.6 Å². The SMILES string of the molecule is CC(C)[C@@]12CC[C@@](C)(OO1)C1=C([C@H](C)CC1=O)[C@@H]2O. The number of hydrogen-bond donors (Lipinski definition) is 1. The monoisotopic (exact) mass is 266 g/mol. The largest absolute Gasteiger partial charge is 0.386 e. The molecule has 1 saturated heterocycles. The second kappa shape index (κ2) is 3.90. The van der Waals surface area contributed by atoms with Gasteiger partial charge in [-0.2, -0.15) is 0 Å². The normalized spacial score (nSPS) is 45.9. The van der Waals surface area contributed by atoms with Gasteiger partial charge in [0.1, 0.15) is 17.3 Å². The number of ketones is 1. The molecule has 2 heterocycles. The van der Waals surface area contributed by atoms with E-state index in [9.17, 15) is 9.90 Å². The Bertz CT molecular complexity index is 455. The molecule has 4 heteroatoms. The molecule has 2 aliphatic heterocycles. The van der Waals surface area contributed by atoms with Crippen LogP contribution in [0.25, 0.3) is 0 Å². The molecule has 4 aliphatic rings. The van der Waals surface area contributed by atoms with Crippen LogP contribution in [-0.4, -0.2) is 28.2 Å². The first-order valence-corrected chi connectivity index (χ1v) is 7.14. The van der Waals surface area contributed by atoms with Crippen LogP contribution >= 0.6 is 0 Å². The first-order chi connectivity index (χ1) is 8.82. The van der Waals surface area contributed by atoms with Crippen LogP contribution in [0, 0.1) is 11.8 Å². The predicted molar refractivity (Wildman–Crippen MR) is 69.2 cm³/mol. The van der Waals surface area contributed by atoms with Crippen molar-refractivity contribution in [3.05, 3.63) is 11.1 Å². The van der Waals surface area contributed by atoms with Crippen molar-refractivity contribution in [1.29, 1.82) is 0 Å². The zero-order valence-corrected chi connectivity index (χ0v) is 12.0. The predicted octanol–water partition coefficient (Wildman–Crippen LogP) is 2.16. The molecular formula is C15H22O4. The van der Waals surface area contributed by atoms with Gasteiger partial charge in [0.05, 0.1) is 0 Å². The van der Waals surface area contributed by atoms with Crippen molar-refractivity contribution in [2.75, 3.05) is 0 Å². The molecule has 19 heavy (non-hydrogen) atoms. The number of carbonyl (C=O) groups is 1. The number of aliphatic hydroxyl groups excluding tert-OH is 1. The van der Waals surface area contributed by atoms with E-state index in [2.05, 4.69) is 0 Å². The van der Waals surface area contributed by atoms with Crippen LogP contribution in [0.15, 0.2) is 11.1 Å². The molecule has 0 radical (unpaired) electrons. The van der Waals surface area contributed by atoms with E-state index in [1.807, 2.05) is 27.7 Å². The summed E-state index contributed by atoms with van der Waals surface area (Å²) in [5, 5.41) is 10.9. The summed E-state index contributed by atoms with van der Waals surface area (Å²) in [6, 6.07) is 0. The third-order valence-electron chi connectivity index (χ3n) is 5.23. The van der Waals surface area contributed by atoms with Gasteiger partial charge in [-0.1, -0.05) is 20.8 Å². The number of rotatable bonds is 1. The van der Waals surface area contributed by atoms with Gasteiger partial charge < -0.3 is 5.11 Å². The van der Waals surface area contributed by atoms with E-state index in [1.54, 1.807) is 0 Å². The second-order valence-corrected chi connectivity index (χ2v) is 6.77. The molecule has 4 atom stereocenters. The number of aliphatic hydroxyl groups is 1. The van der Waals surface area contributed by atoms with E-state index in [1.165, 1.54) is 0 Å². The van der Waals surface area contributed by atoms with Crippen molar-refractivity contribution in [2.24, 2.45) is 11.8 Å². The van der Waals surface area contributed by atoms with Gasteiger partial charge in [0.2, 0.25) is 0 Å². The minimum Gasteiger partial charge on any atom is -0.386 e. The highest BCUT2D eigenvalue weighted by molar-refractivity contribution is 6.01. The fourth-order valence-electron chi connectivity index (χ4n) is 3.90. The molecule has 0 amide bonds. The Morgan fingerprint density at radius 1 is 1.32 bits per heavy atom. The third-order valence-corrected chi connectivity index (χ3v) is 5.23. The first kappa shape index (κ1) is 13.3. The number of Topliss-reactive ketones (excluding diaryl/α,β-unsaturated/α-hetero) is 1. The fraction of sp³-hybridized carbons (Fsp3) is 0.800. The maximum Gasteiger partial charge on any atom is 0.162 e. The maximum atomic E-state index is 12.3. The maximum absolute atomic E-state index is 12.3. The minimum atomic E-state index is -0.742. The number of carbonyl (C=O) groups excluding carboxylic acids is 1. The fourth-order valence-corrected chi connectivity index (χ4v) is 3.90. The number of fused-ring (bicyclic) bond motifs is 2. The van der Waals surface area contributed by atoms with Gasteiger partial charge in [-0.25, -0.2) is 9.78 Å². The zero-order valence-electron chi connectivity index (χ0n) is 12.0. The van der Waals surface area contributed by atoms with Crippen LogP contribution in [0.2, 0.25) is 0 Å². The van der Waals surface area contributed by atoms with Gasteiger partial charge in [0, 0.05) is 12.0 Å². The molecule has 106 valence electrons. The van der Waals surface area contributed by atoms with Gasteiger partial charge in [-0.05, 0) is 37.2 Å². The lowest BCUT2D eigenvalue weighted by molar-refractivity contribution is -0.442. The van der Waals surface area contributed by atoms with E-state index in [0.717, 1.165) is 18.4 Å². The summed E-state index contributed by atoms with van der Waals surface area (Å²) >= 11 is 0. The average Bonchev–Trinajstić information content (AvgIpc) is 2.54. The van der Waals surface area contributed by atoms with Gasteiger partial charge in [0.15, 0.2) is 5.78 Å². The van der Waals surface area contributed by atoms with E-state index in [4.69, 9.17) is 9.78 Å². The molecule has 0 spiro atoms. The molecule has 0 unspecified atom stereocenters. The lowest BCUT2D eigenvalue weighted by Crippen LogP contribution is -2.54. The second-order valence-electron chi connectivity index (χ2n) is 6.77. The highest BCUT2D eigenvalue weighted by Crippen LogP contribution is 2.53. The van der Waals surface area contributed by atoms with E-state index in [0.29, 0.717) is 12.0 Å². The van der Waals surface area contributed by atoms with Crippen molar-refractivity contribution in [2.45, 2.75) is 64.3 Å². The lowest BCUT2D eigenvalue weighted by atomic mass is 9.77. The summed E-state index contributed by atoms with van der Waals surface area (Å²) in [6.07, 6.45) is 1.18. The van der Waals surface area contributed by atoms with Crippen LogP contribution in [0.4, 0.5) is 0 Å². The van der Waals surface area contributed by atoms with Crippen LogP contribution in [-0.2, 0) is 14.6 Å².